The van der Waals surface area contributed by atoms with Crippen molar-refractivity contribution in [1.82, 2.24) is 24.5 Å². The quantitative estimate of drug-likeness (QED) is 0.434. The van der Waals surface area contributed by atoms with E-state index < -0.39 is 16.6 Å². The van der Waals surface area contributed by atoms with Crippen LogP contribution in [0, 0.1) is 15.9 Å². The van der Waals surface area contributed by atoms with E-state index >= 15 is 0 Å². The van der Waals surface area contributed by atoms with E-state index in [1.165, 1.54) is 47.2 Å². The number of nitro groups is 1. The van der Waals surface area contributed by atoms with Crippen LogP contribution in [0.2, 0.25) is 5.02 Å². The smallest absolute Gasteiger partial charge is 0.350 e. The summed E-state index contributed by atoms with van der Waals surface area (Å²) in [5, 5.41) is 21.7. The number of benzene rings is 1. The average Bonchev–Trinajstić information content (AvgIpc) is 3.29. The lowest BCUT2D eigenvalue weighted by Crippen LogP contribution is -2.16. The second-order valence-corrected chi connectivity index (χ2v) is 6.25. The zero-order valence-electron chi connectivity index (χ0n) is 15.1. The van der Waals surface area contributed by atoms with E-state index in [0.717, 1.165) is 0 Å². The SMILES string of the molecule is COc1nn(CCC(=O)Nc2ncn(Cc3ccc(F)cc3Cl)n2)cc1[N+](=O)[O-]. The van der Waals surface area contributed by atoms with Gasteiger partial charge in [0.05, 0.1) is 25.1 Å². The second-order valence-electron chi connectivity index (χ2n) is 5.84. The van der Waals surface area contributed by atoms with E-state index in [1.54, 1.807) is 0 Å². The Labute approximate surface area is 168 Å². The van der Waals surface area contributed by atoms with Gasteiger partial charge in [-0.3, -0.25) is 24.9 Å². The van der Waals surface area contributed by atoms with Gasteiger partial charge in [0.1, 0.15) is 18.3 Å². The highest BCUT2D eigenvalue weighted by atomic mass is 35.5. The molecule has 0 aliphatic heterocycles. The topological polar surface area (TPSA) is 130 Å². The van der Waals surface area contributed by atoms with Crippen LogP contribution in [0.1, 0.15) is 12.0 Å². The molecule has 0 fully saturated rings. The van der Waals surface area contributed by atoms with Crippen LogP contribution in [0.25, 0.3) is 0 Å². The normalized spacial score (nSPS) is 10.7. The maximum absolute atomic E-state index is 13.1. The Hall–Kier alpha value is -3.54. The van der Waals surface area contributed by atoms with Crippen molar-refractivity contribution in [2.75, 3.05) is 12.4 Å². The van der Waals surface area contributed by atoms with Gasteiger partial charge in [-0.1, -0.05) is 17.7 Å². The first-order valence-electron chi connectivity index (χ1n) is 8.24. The van der Waals surface area contributed by atoms with E-state index in [9.17, 15) is 19.3 Å². The Morgan fingerprint density at radius 1 is 1.38 bits per heavy atom. The first kappa shape index (κ1) is 20.2. The van der Waals surface area contributed by atoms with Crippen molar-refractivity contribution < 1.29 is 18.8 Å². The number of hydrogen-bond donors (Lipinski definition) is 1. The second kappa shape index (κ2) is 8.65. The monoisotopic (exact) mass is 423 g/mol. The van der Waals surface area contributed by atoms with E-state index in [2.05, 4.69) is 20.5 Å². The number of nitrogens with zero attached hydrogens (tertiary/aromatic N) is 6. The van der Waals surface area contributed by atoms with Crippen molar-refractivity contribution in [2.45, 2.75) is 19.5 Å². The van der Waals surface area contributed by atoms with Crippen LogP contribution in [0.4, 0.5) is 16.0 Å². The molecular weight excluding hydrogens is 409 g/mol. The third-order valence-electron chi connectivity index (χ3n) is 3.80. The number of anilines is 1. The van der Waals surface area contributed by atoms with Gasteiger partial charge in [-0.05, 0) is 17.7 Å². The Bertz CT molecular complexity index is 1050. The van der Waals surface area contributed by atoms with E-state index in [0.29, 0.717) is 5.56 Å². The van der Waals surface area contributed by atoms with Gasteiger partial charge < -0.3 is 4.74 Å². The number of carbonyl (C=O) groups excluding carboxylic acids is 1. The zero-order chi connectivity index (χ0) is 21.0. The molecule has 3 aromatic rings. The number of methoxy groups -OCH3 is 1. The van der Waals surface area contributed by atoms with Gasteiger partial charge in [-0.15, -0.1) is 10.2 Å². The molecule has 29 heavy (non-hydrogen) atoms. The molecule has 3 rings (SSSR count). The molecule has 0 aliphatic rings. The summed E-state index contributed by atoms with van der Waals surface area (Å²) >= 11 is 5.98. The number of amides is 1. The van der Waals surface area contributed by atoms with E-state index in [4.69, 9.17) is 16.3 Å². The minimum atomic E-state index is -0.619. The summed E-state index contributed by atoms with van der Waals surface area (Å²) in [5.41, 5.74) is 0.359. The lowest BCUT2D eigenvalue weighted by atomic mass is 10.2. The summed E-state index contributed by atoms with van der Waals surface area (Å²) in [6.45, 7) is 0.348. The van der Waals surface area contributed by atoms with E-state index in [-0.39, 0.29) is 42.0 Å². The molecule has 2 heterocycles. The fourth-order valence-electron chi connectivity index (χ4n) is 2.43. The van der Waals surface area contributed by atoms with Crippen LogP contribution in [-0.4, -0.2) is 42.5 Å². The summed E-state index contributed by atoms with van der Waals surface area (Å²) in [7, 11) is 1.27. The molecule has 0 spiro atoms. The van der Waals surface area contributed by atoms with Crippen molar-refractivity contribution in [3.05, 3.63) is 57.2 Å². The molecule has 1 aromatic carbocycles. The lowest BCUT2D eigenvalue weighted by Gasteiger charge is -2.04. The fraction of sp³-hybridized carbons (Fsp3) is 0.250. The predicted octanol–water partition coefficient (Wildman–Crippen LogP) is 2.26. The van der Waals surface area contributed by atoms with Crippen molar-refractivity contribution >= 4 is 29.1 Å². The molecule has 0 bridgehead atoms. The minimum absolute atomic E-state index is 0.0136. The third kappa shape index (κ3) is 5.04. The van der Waals surface area contributed by atoms with Crippen molar-refractivity contribution in [3.63, 3.8) is 0 Å². The summed E-state index contributed by atoms with van der Waals surface area (Å²) in [5.74, 6) is -0.891. The molecule has 1 amide bonds. The van der Waals surface area contributed by atoms with Crippen LogP contribution in [-0.2, 0) is 17.9 Å². The zero-order valence-corrected chi connectivity index (χ0v) is 15.8. The Balaban J connectivity index is 1.56. The largest absolute Gasteiger partial charge is 0.475 e. The van der Waals surface area contributed by atoms with Crippen molar-refractivity contribution in [3.8, 4) is 5.88 Å². The van der Waals surface area contributed by atoms with E-state index in [1.807, 2.05) is 0 Å². The Kier molecular flexibility index (Phi) is 6.02. The molecule has 2 aromatic heterocycles. The van der Waals surface area contributed by atoms with Gasteiger partial charge in [0.2, 0.25) is 11.9 Å². The van der Waals surface area contributed by atoms with Crippen LogP contribution in [0.15, 0.2) is 30.7 Å². The number of aromatic nitrogens is 5. The first-order chi connectivity index (χ1) is 13.9. The maximum Gasteiger partial charge on any atom is 0.350 e. The van der Waals surface area contributed by atoms with Crippen molar-refractivity contribution in [1.29, 1.82) is 0 Å². The summed E-state index contributed by atoms with van der Waals surface area (Å²) < 4.78 is 20.6. The molecule has 13 heteroatoms. The van der Waals surface area contributed by atoms with Gasteiger partial charge in [-0.25, -0.2) is 14.1 Å². The van der Waals surface area contributed by atoms with Gasteiger partial charge in [0, 0.05) is 11.4 Å². The molecule has 11 nitrogen and oxygen atoms in total. The standard InChI is InChI=1S/C16H15ClFN7O4/c1-29-15-13(25(27)28)8-23(21-15)5-4-14(26)20-16-19-9-24(22-16)7-10-2-3-11(18)6-12(10)17/h2-3,6,8-9H,4-5,7H2,1H3,(H,20,22,26). The van der Waals surface area contributed by atoms with Gasteiger partial charge >= 0.3 is 11.6 Å². The minimum Gasteiger partial charge on any atom is -0.475 e. The third-order valence-corrected chi connectivity index (χ3v) is 4.15. The number of aryl methyl sites for hydroxylation is 1. The Morgan fingerprint density at radius 3 is 2.83 bits per heavy atom. The number of carbonyl (C=O) groups is 1. The number of halogens is 2. The van der Waals surface area contributed by atoms with Crippen LogP contribution in [0.5, 0.6) is 5.88 Å². The van der Waals surface area contributed by atoms with Gasteiger partial charge in [0.15, 0.2) is 0 Å². The molecule has 0 atom stereocenters. The molecule has 0 saturated heterocycles. The number of rotatable bonds is 8. The summed E-state index contributed by atoms with van der Waals surface area (Å²) in [6.07, 6.45) is 2.57. The number of hydrogen-bond acceptors (Lipinski definition) is 7. The van der Waals surface area contributed by atoms with Crippen LogP contribution in [0.3, 0.4) is 0 Å². The van der Waals surface area contributed by atoms with Gasteiger partial charge in [-0.2, -0.15) is 0 Å². The van der Waals surface area contributed by atoms with Gasteiger partial charge in [0.25, 0.3) is 0 Å². The molecule has 0 aliphatic carbocycles. The molecule has 1 N–H and O–H groups in total. The van der Waals surface area contributed by atoms with Crippen molar-refractivity contribution in [2.24, 2.45) is 0 Å². The molecule has 0 radical (unpaired) electrons. The van der Waals surface area contributed by atoms with Crippen LogP contribution < -0.4 is 10.1 Å². The highest BCUT2D eigenvalue weighted by Crippen LogP contribution is 2.24. The fourth-order valence-corrected chi connectivity index (χ4v) is 2.66. The number of nitrogens with one attached hydrogen (secondary N) is 1. The summed E-state index contributed by atoms with van der Waals surface area (Å²) in [4.78, 5) is 26.3. The molecule has 0 saturated carbocycles. The first-order valence-corrected chi connectivity index (χ1v) is 8.62. The molecule has 152 valence electrons. The molecular formula is C16H15ClFN7O4. The number of ether oxygens (including phenoxy) is 1. The Morgan fingerprint density at radius 2 is 2.17 bits per heavy atom. The average molecular weight is 424 g/mol. The highest BCUT2D eigenvalue weighted by molar-refractivity contribution is 6.31. The van der Waals surface area contributed by atoms with Crippen LogP contribution >= 0.6 is 11.6 Å². The summed E-state index contributed by atoms with van der Waals surface area (Å²) in [6, 6.07) is 4.02. The predicted molar refractivity (Wildman–Crippen MR) is 99.2 cm³/mol. The maximum atomic E-state index is 13.1. The highest BCUT2D eigenvalue weighted by Gasteiger charge is 2.20. The molecule has 0 unspecified atom stereocenters. The lowest BCUT2D eigenvalue weighted by molar-refractivity contribution is -0.385.